The quantitative estimate of drug-likeness (QED) is 0.315. The van der Waals surface area contributed by atoms with Crippen molar-refractivity contribution in [1.82, 2.24) is 9.80 Å². The molecule has 11 heteroatoms. The van der Waals surface area contributed by atoms with Gasteiger partial charge in [0.25, 0.3) is 5.91 Å². The van der Waals surface area contributed by atoms with Gasteiger partial charge >= 0.3 is 0 Å². The first-order chi connectivity index (χ1) is 19.2. The first-order valence-corrected chi connectivity index (χ1v) is 14.5. The van der Waals surface area contributed by atoms with Crippen LogP contribution in [0.25, 0.3) is 5.76 Å². The van der Waals surface area contributed by atoms with Crippen molar-refractivity contribution >= 4 is 34.8 Å². The number of ketones is 2. The summed E-state index contributed by atoms with van der Waals surface area (Å²) < 4.78 is 0. The molecule has 0 unspecified atom stereocenters. The van der Waals surface area contributed by atoms with E-state index in [1.807, 2.05) is 0 Å². The fourth-order valence-electron chi connectivity index (χ4n) is 7.69. The number of hydrogen-bond donors (Lipinski definition) is 5. The number of likely N-dealkylation sites (tertiary alicyclic amines) is 1. The number of nitrogens with two attached hydrogens (primary N) is 1. The molecule has 1 aromatic rings. The van der Waals surface area contributed by atoms with Crippen LogP contribution in [0.3, 0.4) is 0 Å². The van der Waals surface area contributed by atoms with Crippen molar-refractivity contribution in [1.29, 1.82) is 0 Å². The van der Waals surface area contributed by atoms with Crippen LogP contribution < -0.4 is 5.73 Å². The minimum atomic E-state index is -2.66. The van der Waals surface area contributed by atoms with Gasteiger partial charge in [-0.3, -0.25) is 24.2 Å². The zero-order valence-corrected chi connectivity index (χ0v) is 24.6. The van der Waals surface area contributed by atoms with E-state index in [-0.39, 0.29) is 35.1 Å². The fraction of sp³-hybridized carbons (Fsp3) is 0.567. The molecule has 2 fully saturated rings. The van der Waals surface area contributed by atoms with Crippen molar-refractivity contribution in [3.63, 3.8) is 0 Å². The first kappa shape index (κ1) is 29.6. The second kappa shape index (κ2) is 10.1. The predicted molar refractivity (Wildman–Crippen MR) is 152 cm³/mol. The SMILES string of the molecule is CCC1(CC)CCN(Cc2cc(O)c3c(c2Cl)C[C@H]2C[C@H]4[C@H](N(C)C)C(=O)C(C(N)=O)=C(O)[C@@]4(O)C(=O)C2=C3O)C1. The summed E-state index contributed by atoms with van der Waals surface area (Å²) in [4.78, 5) is 43.1. The topological polar surface area (TPSA) is 165 Å². The van der Waals surface area contributed by atoms with Crippen LogP contribution in [-0.4, -0.2) is 86.5 Å². The molecule has 41 heavy (non-hydrogen) atoms. The van der Waals surface area contributed by atoms with Crippen molar-refractivity contribution in [2.24, 2.45) is 23.0 Å². The van der Waals surface area contributed by atoms with E-state index in [0.29, 0.717) is 22.7 Å². The number of Topliss-reactive ketones (excluding diaryl/α,β-unsaturated/α-hetero) is 2. The van der Waals surface area contributed by atoms with Crippen molar-refractivity contribution in [2.75, 3.05) is 27.2 Å². The average molecular weight is 588 g/mol. The predicted octanol–water partition coefficient (Wildman–Crippen LogP) is 2.63. The van der Waals surface area contributed by atoms with E-state index in [4.69, 9.17) is 17.3 Å². The number of rotatable bonds is 6. The highest BCUT2D eigenvalue weighted by molar-refractivity contribution is 6.32. The van der Waals surface area contributed by atoms with Gasteiger partial charge in [0.05, 0.1) is 11.6 Å². The number of likely N-dealkylation sites (N-methyl/N-ethyl adjacent to an activating group) is 1. The summed E-state index contributed by atoms with van der Waals surface area (Å²) in [7, 11) is 3.14. The molecule has 1 heterocycles. The Morgan fingerprint density at radius 1 is 1.20 bits per heavy atom. The van der Waals surface area contributed by atoms with Crippen LogP contribution in [0.1, 0.15) is 56.2 Å². The number of carbonyl (C=O) groups excluding carboxylic acids is 3. The zero-order chi connectivity index (χ0) is 30.2. The number of hydrogen-bond acceptors (Lipinski definition) is 9. The van der Waals surface area contributed by atoms with Crippen LogP contribution in [0.5, 0.6) is 5.75 Å². The van der Waals surface area contributed by atoms with E-state index < -0.39 is 58.0 Å². The average Bonchev–Trinajstić information content (AvgIpc) is 3.32. The van der Waals surface area contributed by atoms with E-state index >= 15 is 0 Å². The van der Waals surface area contributed by atoms with Gasteiger partial charge in [-0.25, -0.2) is 0 Å². The lowest BCUT2D eigenvalue weighted by molar-refractivity contribution is -0.153. The Hall–Kier alpha value is -2.92. The summed E-state index contributed by atoms with van der Waals surface area (Å²) in [6, 6.07) is 0.375. The van der Waals surface area contributed by atoms with Gasteiger partial charge in [-0.15, -0.1) is 0 Å². The van der Waals surface area contributed by atoms with Gasteiger partial charge in [-0.1, -0.05) is 25.4 Å². The van der Waals surface area contributed by atoms with E-state index in [9.17, 15) is 34.8 Å². The molecule has 222 valence electrons. The monoisotopic (exact) mass is 587 g/mol. The number of aromatic hydroxyl groups is 1. The fourth-order valence-corrected chi connectivity index (χ4v) is 7.98. The molecule has 0 spiro atoms. The molecule has 3 aliphatic carbocycles. The number of fused-ring (bicyclic) bond motifs is 3. The summed E-state index contributed by atoms with van der Waals surface area (Å²) in [5.41, 5.74) is 3.15. The normalized spacial score (nSPS) is 29.6. The maximum absolute atomic E-state index is 13.9. The Morgan fingerprint density at radius 3 is 2.41 bits per heavy atom. The molecule has 4 aliphatic rings. The number of aliphatic hydroxyl groups is 3. The molecule has 1 aliphatic heterocycles. The summed E-state index contributed by atoms with van der Waals surface area (Å²) in [6.07, 6.45) is 3.43. The molecule has 1 saturated carbocycles. The number of benzene rings is 1. The number of nitrogens with zero attached hydrogens (tertiary/aromatic N) is 2. The number of primary amides is 1. The Labute approximate surface area is 244 Å². The maximum Gasteiger partial charge on any atom is 0.255 e. The van der Waals surface area contributed by atoms with Gasteiger partial charge in [-0.2, -0.15) is 0 Å². The lowest BCUT2D eigenvalue weighted by Crippen LogP contribution is -2.65. The van der Waals surface area contributed by atoms with Crippen molar-refractivity contribution in [2.45, 2.75) is 64.1 Å². The van der Waals surface area contributed by atoms with Gasteiger partial charge in [0.15, 0.2) is 11.4 Å². The molecule has 0 bridgehead atoms. The van der Waals surface area contributed by atoms with Gasteiger partial charge < -0.3 is 26.2 Å². The number of phenolic OH excluding ortho intramolecular Hbond substituents is 1. The largest absolute Gasteiger partial charge is 0.508 e. The van der Waals surface area contributed by atoms with Gasteiger partial charge in [-0.05, 0) is 81.3 Å². The number of aliphatic hydroxyl groups excluding tert-OH is 2. The number of halogens is 1. The smallest absolute Gasteiger partial charge is 0.255 e. The molecule has 0 radical (unpaired) electrons. The number of phenols is 1. The van der Waals surface area contributed by atoms with Gasteiger partial charge in [0.2, 0.25) is 5.78 Å². The molecule has 0 aromatic heterocycles. The second-order valence-corrected chi connectivity index (χ2v) is 12.7. The standard InChI is InChI=1S/C30H38ClN3O7/c1-5-29(6-2)7-8-34(13-29)12-15-11-18(35)20-16(22(15)31)9-14-10-17-23(33(3)4)25(37)21(28(32)40)27(39)30(17,41)26(38)19(14)24(20)36/h11,14,17,23,35-36,39,41H,5-10,12-13H2,1-4H3,(H2,32,40)/t14-,17-,23-,30-/m0/s1. The summed E-state index contributed by atoms with van der Waals surface area (Å²) in [5, 5.41) is 45.5. The number of amides is 1. The Bertz CT molecular complexity index is 1410. The van der Waals surface area contributed by atoms with Gasteiger partial charge in [0.1, 0.15) is 22.8 Å². The minimum Gasteiger partial charge on any atom is -0.508 e. The molecule has 4 atom stereocenters. The lowest BCUT2D eigenvalue weighted by Gasteiger charge is -2.50. The Kier molecular flexibility index (Phi) is 7.29. The minimum absolute atomic E-state index is 0.00734. The molecule has 5 rings (SSSR count). The van der Waals surface area contributed by atoms with Crippen LogP contribution in [0.4, 0.5) is 0 Å². The lowest BCUT2D eigenvalue weighted by atomic mass is 9.57. The molecular formula is C30H38ClN3O7. The Balaban J connectivity index is 1.59. The van der Waals surface area contributed by atoms with Crippen LogP contribution in [-0.2, 0) is 27.3 Å². The third-order valence-electron chi connectivity index (χ3n) is 10.1. The molecule has 6 N–H and O–H groups in total. The molecule has 1 saturated heterocycles. The van der Waals surface area contributed by atoms with Crippen LogP contribution >= 0.6 is 11.6 Å². The summed E-state index contributed by atoms with van der Waals surface area (Å²) >= 11 is 6.93. The highest BCUT2D eigenvalue weighted by Crippen LogP contribution is 2.54. The molecule has 1 amide bonds. The van der Waals surface area contributed by atoms with Gasteiger partial charge in [0, 0.05) is 29.6 Å². The maximum atomic E-state index is 13.9. The van der Waals surface area contributed by atoms with E-state index in [0.717, 1.165) is 32.4 Å². The highest BCUT2D eigenvalue weighted by Gasteiger charge is 2.64. The molecule has 1 aromatic carbocycles. The van der Waals surface area contributed by atoms with Crippen molar-refractivity contribution in [3.05, 3.63) is 44.7 Å². The molecule has 10 nitrogen and oxygen atoms in total. The summed E-state index contributed by atoms with van der Waals surface area (Å²) in [6.45, 7) is 6.76. The van der Waals surface area contributed by atoms with Crippen LogP contribution in [0.2, 0.25) is 5.02 Å². The highest BCUT2D eigenvalue weighted by atomic mass is 35.5. The van der Waals surface area contributed by atoms with Crippen LogP contribution in [0, 0.1) is 17.3 Å². The first-order valence-electron chi connectivity index (χ1n) is 14.1. The zero-order valence-electron chi connectivity index (χ0n) is 23.8. The van der Waals surface area contributed by atoms with Crippen molar-refractivity contribution < 1.29 is 34.8 Å². The number of carbonyl (C=O) groups is 3. The third-order valence-corrected chi connectivity index (χ3v) is 10.6. The van der Waals surface area contributed by atoms with E-state index in [1.54, 1.807) is 14.1 Å². The van der Waals surface area contributed by atoms with Crippen molar-refractivity contribution in [3.8, 4) is 5.75 Å². The molecular weight excluding hydrogens is 550 g/mol. The van der Waals surface area contributed by atoms with Crippen LogP contribution in [0.15, 0.2) is 23.0 Å². The second-order valence-electron chi connectivity index (χ2n) is 12.4. The summed E-state index contributed by atoms with van der Waals surface area (Å²) in [5.74, 6) is -6.76. The van der Waals surface area contributed by atoms with E-state index in [1.165, 1.54) is 11.0 Å². The Morgan fingerprint density at radius 2 is 1.85 bits per heavy atom. The van der Waals surface area contributed by atoms with E-state index in [2.05, 4.69) is 18.7 Å². The third kappa shape index (κ3) is 4.21.